The minimum Gasteiger partial charge on any atom is -0.383 e. The van der Waals surface area contributed by atoms with Gasteiger partial charge in [-0.15, -0.1) is 11.3 Å². The zero-order valence-electron chi connectivity index (χ0n) is 8.91. The molecule has 0 saturated heterocycles. The molecule has 0 radical (unpaired) electrons. The van der Waals surface area contributed by atoms with Crippen molar-refractivity contribution < 1.29 is 18.3 Å². The number of rotatable bonds is 2. The van der Waals surface area contributed by atoms with Gasteiger partial charge < -0.3 is 5.11 Å². The van der Waals surface area contributed by atoms with Gasteiger partial charge in [-0.2, -0.15) is 13.2 Å². The van der Waals surface area contributed by atoms with Gasteiger partial charge >= 0.3 is 6.18 Å². The molecule has 1 atom stereocenters. The Bertz CT molecular complexity index is 550. The number of thiophene rings is 1. The molecule has 0 aliphatic carbocycles. The fraction of sp³-hybridized carbons (Fsp3) is 0.167. The molecule has 0 aliphatic heterocycles. The third kappa shape index (κ3) is 2.53. The molecule has 0 amide bonds. The van der Waals surface area contributed by atoms with Crippen molar-refractivity contribution in [2.45, 2.75) is 12.3 Å². The molecule has 2 aromatic rings. The predicted octanol–water partition coefficient (Wildman–Crippen LogP) is 4.50. The van der Waals surface area contributed by atoms with Gasteiger partial charge in [0.2, 0.25) is 0 Å². The fourth-order valence-corrected chi connectivity index (χ4v) is 2.80. The van der Waals surface area contributed by atoms with Gasteiger partial charge in [0.05, 0.1) is 15.5 Å². The topological polar surface area (TPSA) is 20.2 Å². The lowest BCUT2D eigenvalue weighted by atomic mass is 10.0. The first-order chi connectivity index (χ1) is 8.41. The molecule has 1 nitrogen and oxygen atoms in total. The van der Waals surface area contributed by atoms with E-state index in [2.05, 4.69) is 0 Å². The number of halogens is 4. The van der Waals surface area contributed by atoms with Crippen molar-refractivity contribution >= 4 is 22.9 Å². The second-order valence-corrected chi connectivity index (χ2v) is 4.98. The summed E-state index contributed by atoms with van der Waals surface area (Å²) < 4.78 is 38.4. The Morgan fingerprint density at radius 1 is 1.17 bits per heavy atom. The summed E-state index contributed by atoms with van der Waals surface area (Å²) in [5.41, 5.74) is -1.03. The first-order valence-corrected chi connectivity index (χ1v) is 6.24. The van der Waals surface area contributed by atoms with E-state index in [1.807, 2.05) is 0 Å². The van der Waals surface area contributed by atoms with Crippen LogP contribution in [-0.2, 0) is 6.18 Å². The van der Waals surface area contributed by atoms with Crippen molar-refractivity contribution in [1.29, 1.82) is 0 Å². The van der Waals surface area contributed by atoms with E-state index in [0.717, 1.165) is 17.4 Å². The van der Waals surface area contributed by atoms with E-state index < -0.39 is 17.8 Å². The second-order valence-electron chi connectivity index (χ2n) is 3.62. The average molecular weight is 293 g/mol. The van der Waals surface area contributed by atoms with Crippen LogP contribution in [0.25, 0.3) is 0 Å². The van der Waals surface area contributed by atoms with Crippen LogP contribution >= 0.6 is 22.9 Å². The average Bonchev–Trinajstić information content (AvgIpc) is 2.73. The summed E-state index contributed by atoms with van der Waals surface area (Å²) in [4.78, 5) is 0.313. The van der Waals surface area contributed by atoms with Gasteiger partial charge in [0.25, 0.3) is 0 Å². The Balaban J connectivity index is 2.49. The first-order valence-electron chi connectivity index (χ1n) is 4.98. The molecule has 96 valence electrons. The van der Waals surface area contributed by atoms with Crippen molar-refractivity contribution in [3.05, 3.63) is 56.7 Å². The number of hydrogen-bond donors (Lipinski definition) is 1. The maximum Gasteiger partial charge on any atom is 0.416 e. The molecule has 1 N–H and O–H groups in total. The van der Waals surface area contributed by atoms with Gasteiger partial charge in [-0.1, -0.05) is 29.8 Å². The van der Waals surface area contributed by atoms with Gasteiger partial charge in [0.1, 0.15) is 6.10 Å². The van der Waals surface area contributed by atoms with Gasteiger partial charge in [-0.05, 0) is 23.1 Å². The second kappa shape index (κ2) is 4.91. The van der Waals surface area contributed by atoms with Crippen LogP contribution in [-0.4, -0.2) is 5.11 Å². The molecular formula is C12H8ClF3OS. The van der Waals surface area contributed by atoms with Crippen molar-refractivity contribution in [3.8, 4) is 0 Å². The van der Waals surface area contributed by atoms with Crippen LogP contribution in [0.5, 0.6) is 0 Å². The third-order valence-corrected chi connectivity index (χ3v) is 3.86. The number of alkyl halides is 3. The molecule has 1 heterocycles. The van der Waals surface area contributed by atoms with E-state index in [1.54, 1.807) is 11.4 Å². The molecule has 1 aromatic heterocycles. The molecule has 0 saturated carbocycles. The van der Waals surface area contributed by atoms with E-state index in [9.17, 15) is 18.3 Å². The minimum atomic E-state index is -4.50. The van der Waals surface area contributed by atoms with Crippen molar-refractivity contribution in [3.63, 3.8) is 0 Å². The molecule has 6 heteroatoms. The van der Waals surface area contributed by atoms with Crippen LogP contribution in [0.1, 0.15) is 22.1 Å². The molecule has 1 unspecified atom stereocenters. The predicted molar refractivity (Wildman–Crippen MR) is 64.8 cm³/mol. The van der Waals surface area contributed by atoms with E-state index in [1.165, 1.54) is 18.2 Å². The summed E-state index contributed by atoms with van der Waals surface area (Å²) >= 11 is 6.94. The van der Waals surface area contributed by atoms with Crippen LogP contribution in [0, 0.1) is 0 Å². The number of aliphatic hydroxyl groups excluding tert-OH is 1. The lowest BCUT2D eigenvalue weighted by Crippen LogP contribution is -2.12. The van der Waals surface area contributed by atoms with Gasteiger partial charge in [0, 0.05) is 0 Å². The first kappa shape index (κ1) is 13.4. The number of aliphatic hydroxyl groups is 1. The molecule has 0 fully saturated rings. The summed E-state index contributed by atoms with van der Waals surface area (Å²) in [6.07, 6.45) is -5.86. The lowest BCUT2D eigenvalue weighted by Gasteiger charge is -2.16. The minimum absolute atomic E-state index is 0.186. The highest BCUT2D eigenvalue weighted by atomic mass is 35.5. The highest BCUT2D eigenvalue weighted by Gasteiger charge is 2.35. The molecular weight excluding hydrogens is 285 g/mol. The lowest BCUT2D eigenvalue weighted by molar-refractivity contribution is -0.138. The van der Waals surface area contributed by atoms with E-state index >= 15 is 0 Å². The molecule has 0 spiro atoms. The quantitative estimate of drug-likeness (QED) is 0.864. The van der Waals surface area contributed by atoms with Crippen LogP contribution in [0.15, 0.2) is 35.7 Å². The molecule has 2 rings (SSSR count). The van der Waals surface area contributed by atoms with Crippen LogP contribution in [0.2, 0.25) is 5.02 Å². The van der Waals surface area contributed by atoms with Crippen LogP contribution in [0.4, 0.5) is 13.2 Å². The Kier molecular flexibility index (Phi) is 3.66. The van der Waals surface area contributed by atoms with Crippen molar-refractivity contribution in [2.75, 3.05) is 0 Å². The smallest absolute Gasteiger partial charge is 0.383 e. The van der Waals surface area contributed by atoms with Crippen molar-refractivity contribution in [1.82, 2.24) is 0 Å². The standard InChI is InChI=1S/C12H8ClF3OS/c13-9-5-6-18-11(9)10(17)7-3-1-2-4-8(7)12(14,15)16/h1-6,10,17H. The largest absolute Gasteiger partial charge is 0.416 e. The molecule has 1 aromatic carbocycles. The summed E-state index contributed by atoms with van der Waals surface area (Å²) in [6, 6.07) is 6.48. The Morgan fingerprint density at radius 2 is 1.83 bits per heavy atom. The van der Waals surface area contributed by atoms with E-state index in [0.29, 0.717) is 4.88 Å². The zero-order chi connectivity index (χ0) is 13.3. The summed E-state index contributed by atoms with van der Waals surface area (Å²) in [6.45, 7) is 0. The van der Waals surface area contributed by atoms with Crippen LogP contribution < -0.4 is 0 Å². The number of hydrogen-bond acceptors (Lipinski definition) is 2. The highest BCUT2D eigenvalue weighted by Crippen LogP contribution is 2.39. The van der Waals surface area contributed by atoms with E-state index in [4.69, 9.17) is 11.6 Å². The Hall–Kier alpha value is -1.04. The van der Waals surface area contributed by atoms with Gasteiger partial charge in [-0.3, -0.25) is 0 Å². The summed E-state index contributed by atoms with van der Waals surface area (Å²) in [7, 11) is 0. The third-order valence-electron chi connectivity index (χ3n) is 2.45. The molecule has 0 aliphatic rings. The molecule has 18 heavy (non-hydrogen) atoms. The van der Waals surface area contributed by atoms with Gasteiger partial charge in [-0.25, -0.2) is 0 Å². The maximum absolute atomic E-state index is 12.8. The SMILES string of the molecule is OC(c1ccccc1C(F)(F)F)c1sccc1Cl. The van der Waals surface area contributed by atoms with Crippen molar-refractivity contribution in [2.24, 2.45) is 0 Å². The Labute approximate surface area is 110 Å². The zero-order valence-corrected chi connectivity index (χ0v) is 10.5. The summed E-state index contributed by atoms with van der Waals surface area (Å²) in [5.74, 6) is 0. The van der Waals surface area contributed by atoms with Gasteiger partial charge in [0.15, 0.2) is 0 Å². The number of benzene rings is 1. The Morgan fingerprint density at radius 3 is 2.39 bits per heavy atom. The summed E-state index contributed by atoms with van der Waals surface area (Å²) in [5, 5.41) is 11.9. The maximum atomic E-state index is 12.8. The normalized spacial score (nSPS) is 13.6. The highest BCUT2D eigenvalue weighted by molar-refractivity contribution is 7.10. The van der Waals surface area contributed by atoms with Crippen LogP contribution in [0.3, 0.4) is 0 Å². The fourth-order valence-electron chi connectivity index (χ4n) is 1.64. The van der Waals surface area contributed by atoms with E-state index in [-0.39, 0.29) is 10.6 Å². The monoisotopic (exact) mass is 292 g/mol. The molecule has 0 bridgehead atoms.